The summed E-state index contributed by atoms with van der Waals surface area (Å²) in [5.41, 5.74) is 11.0. The van der Waals surface area contributed by atoms with E-state index < -0.39 is 0 Å². The quantitative estimate of drug-likeness (QED) is 0.322. The molecule has 4 rings (SSSR count). The Labute approximate surface area is 158 Å². The van der Waals surface area contributed by atoms with Crippen LogP contribution in [0, 0.1) is 0 Å². The highest BCUT2D eigenvalue weighted by atomic mass is 16.1. The van der Waals surface area contributed by atoms with Gasteiger partial charge < -0.3 is 11.1 Å². The molecule has 0 aliphatic heterocycles. The van der Waals surface area contributed by atoms with Crippen LogP contribution in [0.3, 0.4) is 0 Å². The molecule has 0 aliphatic carbocycles. The van der Waals surface area contributed by atoms with Crippen LogP contribution in [0.5, 0.6) is 0 Å². The Bertz CT molecular complexity index is 1170. The van der Waals surface area contributed by atoms with Gasteiger partial charge in [0.1, 0.15) is 6.54 Å². The van der Waals surface area contributed by atoms with Gasteiger partial charge >= 0.3 is 0 Å². The van der Waals surface area contributed by atoms with Gasteiger partial charge in [-0.05, 0) is 43.3 Å². The molecule has 0 saturated heterocycles. The molecule has 0 unspecified atom stereocenters. The summed E-state index contributed by atoms with van der Waals surface area (Å²) in [6, 6.07) is 22.5. The first-order valence-corrected chi connectivity index (χ1v) is 9.10. The standard InChI is InChI=1S/C23H21N3O/c1-3-26-22-14-18(25-15(2)27)10-12-20(22)19-11-9-17(24)13-21(19)23(26)16-7-5-4-6-8-16/h4-14H,3,24H2,1-2H3/p+1. The van der Waals surface area contributed by atoms with E-state index >= 15 is 0 Å². The molecule has 0 fully saturated rings. The van der Waals surface area contributed by atoms with E-state index in [9.17, 15) is 4.79 Å². The lowest BCUT2D eigenvalue weighted by Crippen LogP contribution is -2.36. The number of rotatable bonds is 3. The molecular formula is C23H22N3O+. The lowest BCUT2D eigenvalue weighted by Gasteiger charge is -2.13. The summed E-state index contributed by atoms with van der Waals surface area (Å²) >= 11 is 0. The molecule has 0 radical (unpaired) electrons. The van der Waals surface area contributed by atoms with Gasteiger partial charge in [-0.2, -0.15) is 4.57 Å². The molecule has 134 valence electrons. The predicted molar refractivity (Wildman–Crippen MR) is 111 cm³/mol. The molecule has 4 aromatic rings. The van der Waals surface area contributed by atoms with Crippen LogP contribution in [0.25, 0.3) is 32.9 Å². The summed E-state index contributed by atoms with van der Waals surface area (Å²) in [5.74, 6) is -0.0748. The highest BCUT2D eigenvalue weighted by Crippen LogP contribution is 2.33. The highest BCUT2D eigenvalue weighted by molar-refractivity contribution is 6.10. The van der Waals surface area contributed by atoms with Crippen molar-refractivity contribution < 1.29 is 9.36 Å². The number of benzene rings is 3. The maximum Gasteiger partial charge on any atom is 0.221 e. The number of nitrogens with zero attached hydrogens (tertiary/aromatic N) is 1. The summed E-state index contributed by atoms with van der Waals surface area (Å²) in [7, 11) is 0. The van der Waals surface area contributed by atoms with Gasteiger partial charge in [-0.1, -0.05) is 24.3 Å². The molecule has 3 N–H and O–H groups in total. The van der Waals surface area contributed by atoms with Crippen molar-refractivity contribution in [2.24, 2.45) is 0 Å². The molecule has 0 saturated carbocycles. The van der Waals surface area contributed by atoms with Crippen LogP contribution < -0.4 is 15.6 Å². The zero-order valence-corrected chi connectivity index (χ0v) is 15.5. The second-order valence-corrected chi connectivity index (χ2v) is 6.68. The number of aryl methyl sites for hydroxylation is 1. The smallest absolute Gasteiger partial charge is 0.221 e. The minimum atomic E-state index is -0.0748. The van der Waals surface area contributed by atoms with Crippen molar-refractivity contribution in [3.63, 3.8) is 0 Å². The van der Waals surface area contributed by atoms with E-state index in [-0.39, 0.29) is 5.91 Å². The van der Waals surface area contributed by atoms with Gasteiger partial charge in [-0.15, -0.1) is 0 Å². The van der Waals surface area contributed by atoms with Crippen LogP contribution >= 0.6 is 0 Å². The summed E-state index contributed by atoms with van der Waals surface area (Å²) in [5, 5.41) is 6.31. The van der Waals surface area contributed by atoms with Crippen LogP contribution in [0.1, 0.15) is 13.8 Å². The number of carbonyl (C=O) groups is 1. The largest absolute Gasteiger partial charge is 0.399 e. The third kappa shape index (κ3) is 2.99. The Hall–Kier alpha value is -3.40. The van der Waals surface area contributed by atoms with Gasteiger partial charge in [0.2, 0.25) is 17.1 Å². The highest BCUT2D eigenvalue weighted by Gasteiger charge is 2.22. The van der Waals surface area contributed by atoms with Crippen LogP contribution in [0.4, 0.5) is 11.4 Å². The first kappa shape index (κ1) is 17.0. The average Bonchev–Trinajstić information content (AvgIpc) is 2.66. The van der Waals surface area contributed by atoms with Crippen LogP contribution in [-0.4, -0.2) is 5.91 Å². The van der Waals surface area contributed by atoms with Crippen molar-refractivity contribution >= 4 is 39.0 Å². The lowest BCUT2D eigenvalue weighted by molar-refractivity contribution is -0.655. The number of anilines is 2. The minimum Gasteiger partial charge on any atom is -0.399 e. The van der Waals surface area contributed by atoms with Crippen LogP contribution in [0.15, 0.2) is 66.7 Å². The number of fused-ring (bicyclic) bond motifs is 3. The molecule has 1 amide bonds. The summed E-state index contributed by atoms with van der Waals surface area (Å²) < 4.78 is 2.29. The number of carbonyl (C=O) groups excluding carboxylic acids is 1. The fourth-order valence-corrected chi connectivity index (χ4v) is 3.76. The third-order valence-corrected chi connectivity index (χ3v) is 4.83. The fourth-order valence-electron chi connectivity index (χ4n) is 3.76. The number of nitrogen functional groups attached to an aromatic ring is 1. The third-order valence-electron chi connectivity index (χ3n) is 4.83. The topological polar surface area (TPSA) is 59.0 Å². The van der Waals surface area contributed by atoms with Crippen molar-refractivity contribution in [1.82, 2.24) is 0 Å². The fraction of sp³-hybridized carbons (Fsp3) is 0.130. The van der Waals surface area contributed by atoms with E-state index in [4.69, 9.17) is 5.73 Å². The number of nitrogens with two attached hydrogens (primary N) is 1. The van der Waals surface area contributed by atoms with Gasteiger partial charge in [-0.25, -0.2) is 0 Å². The van der Waals surface area contributed by atoms with E-state index in [2.05, 4.69) is 41.1 Å². The van der Waals surface area contributed by atoms with Gasteiger partial charge in [0.15, 0.2) is 0 Å². The zero-order valence-electron chi connectivity index (χ0n) is 15.5. The minimum absolute atomic E-state index is 0.0748. The molecule has 0 bridgehead atoms. The molecule has 0 spiro atoms. The molecule has 4 nitrogen and oxygen atoms in total. The number of pyridine rings is 1. The second-order valence-electron chi connectivity index (χ2n) is 6.68. The first-order valence-electron chi connectivity index (χ1n) is 9.10. The molecule has 3 aromatic carbocycles. The van der Waals surface area contributed by atoms with E-state index in [0.29, 0.717) is 0 Å². The normalized spacial score (nSPS) is 11.0. The van der Waals surface area contributed by atoms with Crippen molar-refractivity contribution in [2.45, 2.75) is 20.4 Å². The number of aromatic nitrogens is 1. The molecule has 0 aliphatic rings. The monoisotopic (exact) mass is 356 g/mol. The second kappa shape index (κ2) is 6.72. The molecular weight excluding hydrogens is 334 g/mol. The van der Waals surface area contributed by atoms with E-state index in [1.165, 1.54) is 6.92 Å². The SMILES string of the molecule is CC[n+]1c(-c2ccccc2)c2cc(N)ccc2c2ccc(NC(C)=O)cc21. The van der Waals surface area contributed by atoms with E-state index in [1.807, 2.05) is 42.5 Å². The Kier molecular flexibility index (Phi) is 4.24. The summed E-state index contributed by atoms with van der Waals surface area (Å²) in [4.78, 5) is 11.5. The van der Waals surface area contributed by atoms with E-state index in [1.54, 1.807) is 0 Å². The van der Waals surface area contributed by atoms with Crippen molar-refractivity contribution in [3.05, 3.63) is 66.7 Å². The van der Waals surface area contributed by atoms with Crippen LogP contribution in [-0.2, 0) is 11.3 Å². The maximum absolute atomic E-state index is 11.5. The molecule has 1 heterocycles. The zero-order chi connectivity index (χ0) is 19.0. The molecule has 4 heteroatoms. The van der Waals surface area contributed by atoms with Crippen molar-refractivity contribution in [2.75, 3.05) is 11.1 Å². The Morgan fingerprint density at radius 2 is 1.70 bits per heavy atom. The molecule has 1 aromatic heterocycles. The molecule has 27 heavy (non-hydrogen) atoms. The Morgan fingerprint density at radius 3 is 2.41 bits per heavy atom. The van der Waals surface area contributed by atoms with Gasteiger partial charge in [0.25, 0.3) is 0 Å². The number of hydrogen-bond acceptors (Lipinski definition) is 2. The maximum atomic E-state index is 11.5. The van der Waals surface area contributed by atoms with Crippen LogP contribution in [0.2, 0.25) is 0 Å². The number of amides is 1. The lowest BCUT2D eigenvalue weighted by atomic mass is 9.98. The first-order chi connectivity index (χ1) is 13.1. The van der Waals surface area contributed by atoms with Crippen molar-refractivity contribution in [3.8, 4) is 11.3 Å². The van der Waals surface area contributed by atoms with Crippen molar-refractivity contribution in [1.29, 1.82) is 0 Å². The number of nitrogens with one attached hydrogen (secondary N) is 1. The molecule has 0 atom stereocenters. The van der Waals surface area contributed by atoms with E-state index in [0.717, 1.165) is 50.9 Å². The Balaban J connectivity index is 2.16. The van der Waals surface area contributed by atoms with Gasteiger partial charge in [-0.3, -0.25) is 4.79 Å². The summed E-state index contributed by atoms with van der Waals surface area (Å²) in [6.07, 6.45) is 0. The Morgan fingerprint density at radius 1 is 0.963 bits per heavy atom. The number of hydrogen-bond donors (Lipinski definition) is 2. The summed E-state index contributed by atoms with van der Waals surface area (Å²) in [6.45, 7) is 4.46. The van der Waals surface area contributed by atoms with Gasteiger partial charge in [0, 0.05) is 35.3 Å². The predicted octanol–water partition coefficient (Wildman–Crippen LogP) is 4.51. The van der Waals surface area contributed by atoms with Gasteiger partial charge in [0.05, 0.1) is 10.8 Å². The average molecular weight is 356 g/mol.